The van der Waals surface area contributed by atoms with E-state index in [4.69, 9.17) is 4.74 Å². The molecule has 2 N–H and O–H groups in total. The summed E-state index contributed by atoms with van der Waals surface area (Å²) in [6, 6.07) is 21.5. The second-order valence-corrected chi connectivity index (χ2v) is 8.10. The number of hydrogen-bond donors (Lipinski definition) is 2. The highest BCUT2D eigenvalue weighted by Crippen LogP contribution is 2.19. The van der Waals surface area contributed by atoms with Crippen LogP contribution in [-0.2, 0) is 11.2 Å². The van der Waals surface area contributed by atoms with E-state index >= 15 is 0 Å². The van der Waals surface area contributed by atoms with Crippen molar-refractivity contribution in [3.05, 3.63) is 77.9 Å². The molecular weight excluding hydrogens is 414 g/mol. The molecular formula is C25H30ClNO4. The van der Waals surface area contributed by atoms with Gasteiger partial charge < -0.3 is 19.9 Å². The molecule has 3 rings (SSSR count). The van der Waals surface area contributed by atoms with Crippen LogP contribution in [0.15, 0.2) is 66.7 Å². The van der Waals surface area contributed by atoms with Crippen molar-refractivity contribution in [1.29, 1.82) is 0 Å². The van der Waals surface area contributed by atoms with Crippen LogP contribution in [0.1, 0.15) is 29.8 Å². The molecule has 0 fully saturated rings. The fraction of sp³-hybridized carbons (Fsp3) is 0.320. The Balaban J connectivity index is 0.00000341. The van der Waals surface area contributed by atoms with Gasteiger partial charge in [-0.25, -0.2) is 4.79 Å². The highest BCUT2D eigenvalue weighted by Gasteiger charge is 2.19. The Morgan fingerprint density at radius 1 is 1.03 bits per heavy atom. The highest BCUT2D eigenvalue weighted by molar-refractivity contribution is 5.89. The minimum atomic E-state index is -0.652. The molecule has 166 valence electrons. The number of nitrogens with one attached hydrogen (secondary N) is 1. The maximum atomic E-state index is 11.5. The summed E-state index contributed by atoms with van der Waals surface area (Å²) in [5, 5.41) is 16.2. The Labute approximate surface area is 189 Å². The molecule has 0 aromatic heterocycles. The SMILES string of the molecule is COC(=O)c1ccc(OC[C@H](O)CNC(C)(C)Cc2ccc3ccccc3c2)cc1.Cl. The van der Waals surface area contributed by atoms with Gasteiger partial charge >= 0.3 is 5.97 Å². The number of β-amino-alcohol motifs (C(OH)–C–C–N with tert-alkyl or cyclic N) is 1. The summed E-state index contributed by atoms with van der Waals surface area (Å²) in [7, 11) is 1.34. The van der Waals surface area contributed by atoms with Crippen molar-refractivity contribution in [2.45, 2.75) is 31.9 Å². The fourth-order valence-electron chi connectivity index (χ4n) is 3.37. The topological polar surface area (TPSA) is 67.8 Å². The average molecular weight is 444 g/mol. The molecule has 6 heteroatoms. The van der Waals surface area contributed by atoms with Gasteiger partial charge in [-0.05, 0) is 60.9 Å². The molecule has 0 heterocycles. The lowest BCUT2D eigenvalue weighted by Crippen LogP contribution is -2.46. The zero-order valence-electron chi connectivity index (χ0n) is 18.1. The number of carbonyl (C=O) groups excluding carboxylic acids is 1. The summed E-state index contributed by atoms with van der Waals surface area (Å²) in [5.74, 6) is 0.205. The predicted molar refractivity (Wildman–Crippen MR) is 126 cm³/mol. The molecule has 1 atom stereocenters. The summed E-state index contributed by atoms with van der Waals surface area (Å²) in [4.78, 5) is 11.5. The van der Waals surface area contributed by atoms with Gasteiger partial charge in [-0.1, -0.05) is 42.5 Å². The van der Waals surface area contributed by atoms with E-state index in [9.17, 15) is 9.90 Å². The van der Waals surface area contributed by atoms with Crippen LogP contribution in [0.5, 0.6) is 5.75 Å². The molecule has 3 aromatic carbocycles. The van der Waals surface area contributed by atoms with Crippen LogP contribution in [0.4, 0.5) is 0 Å². The van der Waals surface area contributed by atoms with Crippen LogP contribution in [-0.4, -0.2) is 43.0 Å². The van der Waals surface area contributed by atoms with Crippen LogP contribution in [0, 0.1) is 0 Å². The zero-order chi connectivity index (χ0) is 21.6. The Kier molecular flexibility index (Phi) is 8.87. The summed E-state index contributed by atoms with van der Waals surface area (Å²) < 4.78 is 10.3. The van der Waals surface area contributed by atoms with Crippen LogP contribution in [0.3, 0.4) is 0 Å². The third-order valence-electron chi connectivity index (χ3n) is 4.99. The first-order chi connectivity index (χ1) is 14.4. The van der Waals surface area contributed by atoms with E-state index < -0.39 is 6.10 Å². The number of methoxy groups -OCH3 is 1. The van der Waals surface area contributed by atoms with E-state index in [2.05, 4.69) is 60.3 Å². The number of carbonyl (C=O) groups is 1. The van der Waals surface area contributed by atoms with Crippen molar-refractivity contribution in [1.82, 2.24) is 5.32 Å². The summed E-state index contributed by atoms with van der Waals surface area (Å²) in [6.45, 7) is 4.83. The van der Waals surface area contributed by atoms with Gasteiger partial charge in [-0.2, -0.15) is 0 Å². The van der Waals surface area contributed by atoms with Gasteiger partial charge in [0.2, 0.25) is 0 Å². The van der Waals surface area contributed by atoms with E-state index in [0.717, 1.165) is 6.42 Å². The molecule has 0 aliphatic rings. The van der Waals surface area contributed by atoms with Crippen LogP contribution >= 0.6 is 12.4 Å². The number of fused-ring (bicyclic) bond motifs is 1. The summed E-state index contributed by atoms with van der Waals surface area (Å²) in [6.07, 6.45) is 0.196. The van der Waals surface area contributed by atoms with E-state index in [1.54, 1.807) is 24.3 Å². The third kappa shape index (κ3) is 7.24. The molecule has 3 aromatic rings. The van der Waals surface area contributed by atoms with Crippen molar-refractivity contribution in [3.63, 3.8) is 0 Å². The number of rotatable bonds is 9. The number of aliphatic hydroxyl groups excluding tert-OH is 1. The Hall–Kier alpha value is -2.60. The molecule has 31 heavy (non-hydrogen) atoms. The summed E-state index contributed by atoms with van der Waals surface area (Å²) >= 11 is 0. The molecule has 0 bridgehead atoms. The second kappa shape index (κ2) is 11.1. The van der Waals surface area contributed by atoms with Crippen molar-refractivity contribution < 1.29 is 19.4 Å². The number of ether oxygens (including phenoxy) is 2. The van der Waals surface area contributed by atoms with Crippen LogP contribution < -0.4 is 10.1 Å². The maximum absolute atomic E-state index is 11.5. The predicted octanol–water partition coefficient (Wildman–Crippen LogP) is 4.40. The molecule has 0 radical (unpaired) electrons. The first kappa shape index (κ1) is 24.7. The van der Waals surface area contributed by atoms with Gasteiger partial charge in [-0.15, -0.1) is 12.4 Å². The van der Waals surface area contributed by atoms with E-state index in [1.165, 1.54) is 23.4 Å². The minimum Gasteiger partial charge on any atom is -0.491 e. The van der Waals surface area contributed by atoms with Crippen molar-refractivity contribution in [2.24, 2.45) is 0 Å². The molecule has 0 aliphatic heterocycles. The first-order valence-corrected chi connectivity index (χ1v) is 10.1. The van der Waals surface area contributed by atoms with Gasteiger partial charge in [0, 0.05) is 12.1 Å². The monoisotopic (exact) mass is 443 g/mol. The van der Waals surface area contributed by atoms with Crippen LogP contribution in [0.2, 0.25) is 0 Å². The Morgan fingerprint density at radius 2 is 1.71 bits per heavy atom. The zero-order valence-corrected chi connectivity index (χ0v) is 18.9. The van der Waals surface area contributed by atoms with Gasteiger partial charge in [0.25, 0.3) is 0 Å². The quantitative estimate of drug-likeness (QED) is 0.480. The minimum absolute atomic E-state index is 0. The van der Waals surface area contributed by atoms with Crippen molar-refractivity contribution in [3.8, 4) is 5.75 Å². The van der Waals surface area contributed by atoms with Gasteiger partial charge in [0.15, 0.2) is 0 Å². The van der Waals surface area contributed by atoms with Crippen molar-refractivity contribution >= 4 is 29.1 Å². The van der Waals surface area contributed by atoms with Crippen molar-refractivity contribution in [2.75, 3.05) is 20.3 Å². The number of esters is 1. The van der Waals surface area contributed by atoms with Crippen LogP contribution in [0.25, 0.3) is 10.8 Å². The first-order valence-electron chi connectivity index (χ1n) is 10.1. The highest BCUT2D eigenvalue weighted by atomic mass is 35.5. The van der Waals surface area contributed by atoms with E-state index in [1.807, 2.05) is 6.07 Å². The van der Waals surface area contributed by atoms with Gasteiger partial charge in [0.1, 0.15) is 18.5 Å². The Bertz CT molecular complexity index is 988. The Morgan fingerprint density at radius 3 is 2.39 bits per heavy atom. The third-order valence-corrected chi connectivity index (χ3v) is 4.99. The largest absolute Gasteiger partial charge is 0.491 e. The number of hydrogen-bond acceptors (Lipinski definition) is 5. The van der Waals surface area contributed by atoms with E-state index in [0.29, 0.717) is 17.9 Å². The maximum Gasteiger partial charge on any atom is 0.337 e. The number of benzene rings is 3. The average Bonchev–Trinajstić information content (AvgIpc) is 2.76. The molecule has 0 spiro atoms. The van der Waals surface area contributed by atoms with Gasteiger partial charge in [0.05, 0.1) is 12.7 Å². The lowest BCUT2D eigenvalue weighted by atomic mass is 9.93. The molecule has 0 unspecified atom stereocenters. The standard InChI is InChI=1S/C25H29NO4.ClH/c1-25(2,15-18-8-9-19-6-4-5-7-21(19)14-18)26-16-22(27)17-30-23-12-10-20(11-13-23)24(28)29-3;/h4-14,22,26-27H,15-17H2,1-3H3;1H/t22-;/m1./s1. The second-order valence-electron chi connectivity index (χ2n) is 8.10. The lowest BCUT2D eigenvalue weighted by molar-refractivity contribution is 0.0600. The molecule has 0 saturated heterocycles. The lowest BCUT2D eigenvalue weighted by Gasteiger charge is -2.28. The number of aliphatic hydroxyl groups is 1. The summed E-state index contributed by atoms with van der Waals surface area (Å²) in [5.41, 5.74) is 1.54. The normalized spacial score (nSPS) is 12.1. The molecule has 0 amide bonds. The number of halogens is 1. The molecule has 5 nitrogen and oxygen atoms in total. The molecule has 0 saturated carbocycles. The fourth-order valence-corrected chi connectivity index (χ4v) is 3.37. The van der Waals surface area contributed by atoms with E-state index in [-0.39, 0.29) is 30.5 Å². The smallest absolute Gasteiger partial charge is 0.337 e. The van der Waals surface area contributed by atoms with Gasteiger partial charge in [-0.3, -0.25) is 0 Å². The molecule has 0 aliphatic carbocycles.